The van der Waals surface area contributed by atoms with E-state index in [4.69, 9.17) is 26.8 Å². The van der Waals surface area contributed by atoms with E-state index in [2.05, 4.69) is 13.8 Å². The van der Waals surface area contributed by atoms with E-state index in [0.717, 1.165) is 29.0 Å². The van der Waals surface area contributed by atoms with Crippen molar-refractivity contribution in [2.24, 2.45) is 5.73 Å². The van der Waals surface area contributed by atoms with Crippen molar-refractivity contribution in [3.63, 3.8) is 0 Å². The molecular weight excluding hydrogens is 262 g/mol. The lowest BCUT2D eigenvalue weighted by atomic mass is 9.85. The van der Waals surface area contributed by atoms with E-state index >= 15 is 0 Å². The molecule has 0 fully saturated rings. The van der Waals surface area contributed by atoms with Crippen LogP contribution in [0.2, 0.25) is 5.02 Å². The lowest BCUT2D eigenvalue weighted by molar-refractivity contribution is 0.295. The Hall–Kier alpha value is -0.930. The molecule has 1 heterocycles. The van der Waals surface area contributed by atoms with Crippen LogP contribution in [0.3, 0.4) is 0 Å². The maximum Gasteiger partial charge on any atom is 0.165 e. The molecule has 2 N–H and O–H groups in total. The molecule has 1 aliphatic rings. The summed E-state index contributed by atoms with van der Waals surface area (Å²) in [4.78, 5) is 0. The summed E-state index contributed by atoms with van der Waals surface area (Å²) in [6.07, 6.45) is 0.880. The summed E-state index contributed by atoms with van der Waals surface area (Å²) in [5, 5.41) is 0.653. The molecule has 1 aromatic rings. The van der Waals surface area contributed by atoms with E-state index in [0.29, 0.717) is 18.2 Å². The van der Waals surface area contributed by atoms with Gasteiger partial charge >= 0.3 is 0 Å². The van der Waals surface area contributed by atoms with Gasteiger partial charge in [0.2, 0.25) is 0 Å². The largest absolute Gasteiger partial charge is 0.489 e. The Balaban J connectivity index is 2.71. The van der Waals surface area contributed by atoms with E-state index in [1.165, 1.54) is 0 Å². The van der Waals surface area contributed by atoms with Crippen LogP contribution >= 0.6 is 11.6 Å². The topological polar surface area (TPSA) is 44.5 Å². The van der Waals surface area contributed by atoms with Gasteiger partial charge in [0.1, 0.15) is 0 Å². The predicted molar refractivity (Wildman–Crippen MR) is 78.4 cm³/mol. The predicted octanol–water partition coefficient (Wildman–Crippen LogP) is 3.82. The van der Waals surface area contributed by atoms with Crippen molar-refractivity contribution in [2.75, 3.05) is 13.2 Å². The molecule has 19 heavy (non-hydrogen) atoms. The molecule has 0 spiro atoms. The van der Waals surface area contributed by atoms with Crippen molar-refractivity contribution in [2.45, 2.75) is 45.6 Å². The Bertz CT molecular complexity index is 478. The number of fused-ring (bicyclic) bond motifs is 1. The molecule has 0 amide bonds. The second kappa shape index (κ2) is 5.22. The first-order chi connectivity index (χ1) is 8.82. The SMILES string of the molecule is CC(C)c1c2c(cc(Cl)c1C(C)(C)N)OCCCO2. The Labute approximate surface area is 120 Å². The number of halogens is 1. The van der Waals surface area contributed by atoms with Crippen molar-refractivity contribution >= 4 is 11.6 Å². The van der Waals surface area contributed by atoms with E-state index < -0.39 is 5.54 Å². The van der Waals surface area contributed by atoms with Crippen molar-refractivity contribution in [1.29, 1.82) is 0 Å². The third-order valence-electron chi connectivity index (χ3n) is 3.25. The Morgan fingerprint density at radius 1 is 1.26 bits per heavy atom. The molecule has 0 saturated heterocycles. The van der Waals surface area contributed by atoms with E-state index in [1.807, 2.05) is 19.9 Å². The summed E-state index contributed by atoms with van der Waals surface area (Å²) in [5.41, 5.74) is 7.79. The minimum Gasteiger partial charge on any atom is -0.489 e. The van der Waals surface area contributed by atoms with Gasteiger partial charge in [-0.15, -0.1) is 0 Å². The van der Waals surface area contributed by atoms with Crippen molar-refractivity contribution in [3.05, 3.63) is 22.2 Å². The van der Waals surface area contributed by atoms with Crippen molar-refractivity contribution < 1.29 is 9.47 Å². The Morgan fingerprint density at radius 3 is 2.47 bits per heavy atom. The monoisotopic (exact) mass is 283 g/mol. The van der Waals surface area contributed by atoms with Gasteiger partial charge in [-0.05, 0) is 25.3 Å². The van der Waals surface area contributed by atoms with Crippen molar-refractivity contribution in [3.8, 4) is 11.5 Å². The zero-order chi connectivity index (χ0) is 14.2. The molecule has 1 aromatic carbocycles. The smallest absolute Gasteiger partial charge is 0.165 e. The van der Waals surface area contributed by atoms with Gasteiger partial charge in [0.05, 0.1) is 13.2 Å². The summed E-state index contributed by atoms with van der Waals surface area (Å²) in [6, 6.07) is 1.83. The molecule has 0 unspecified atom stereocenters. The summed E-state index contributed by atoms with van der Waals surface area (Å²) in [6.45, 7) is 9.49. The lowest BCUT2D eigenvalue weighted by Crippen LogP contribution is -2.31. The van der Waals surface area contributed by atoms with E-state index in [-0.39, 0.29) is 5.92 Å². The van der Waals surface area contributed by atoms with Crippen LogP contribution in [0.25, 0.3) is 0 Å². The number of hydrogen-bond donors (Lipinski definition) is 1. The number of benzene rings is 1. The molecule has 106 valence electrons. The fourth-order valence-electron chi connectivity index (χ4n) is 2.50. The van der Waals surface area contributed by atoms with Crippen LogP contribution in [-0.4, -0.2) is 13.2 Å². The second-order valence-electron chi connectivity index (χ2n) is 5.90. The molecule has 2 rings (SSSR count). The maximum atomic E-state index is 6.43. The number of hydrogen-bond acceptors (Lipinski definition) is 3. The fourth-order valence-corrected chi connectivity index (χ4v) is 2.95. The van der Waals surface area contributed by atoms with Gasteiger partial charge < -0.3 is 15.2 Å². The standard InChI is InChI=1S/C15H22ClNO2/c1-9(2)12-13(15(3,4)17)10(16)8-11-14(12)19-7-5-6-18-11/h8-9H,5-7,17H2,1-4H3. The minimum absolute atomic E-state index is 0.270. The van der Waals surface area contributed by atoms with Gasteiger partial charge in [-0.2, -0.15) is 0 Å². The highest BCUT2D eigenvalue weighted by Crippen LogP contribution is 2.46. The number of rotatable bonds is 2. The van der Waals surface area contributed by atoms with Crippen LogP contribution in [0, 0.1) is 0 Å². The number of nitrogens with two attached hydrogens (primary N) is 1. The molecule has 1 aliphatic heterocycles. The zero-order valence-electron chi connectivity index (χ0n) is 12.0. The summed E-state index contributed by atoms with van der Waals surface area (Å²) in [5.74, 6) is 1.82. The normalized spacial score (nSPS) is 15.5. The highest BCUT2D eigenvalue weighted by Gasteiger charge is 2.29. The molecule has 0 atom stereocenters. The fraction of sp³-hybridized carbons (Fsp3) is 0.600. The highest BCUT2D eigenvalue weighted by molar-refractivity contribution is 6.31. The first-order valence-electron chi connectivity index (χ1n) is 6.73. The first kappa shape index (κ1) is 14.5. The van der Waals surface area contributed by atoms with Crippen LogP contribution in [0.15, 0.2) is 6.07 Å². The first-order valence-corrected chi connectivity index (χ1v) is 7.11. The summed E-state index contributed by atoms with van der Waals surface area (Å²) >= 11 is 6.43. The minimum atomic E-state index is -0.513. The van der Waals surface area contributed by atoms with Gasteiger partial charge in [-0.3, -0.25) is 0 Å². The molecule has 3 nitrogen and oxygen atoms in total. The summed E-state index contributed by atoms with van der Waals surface area (Å²) in [7, 11) is 0. The van der Waals surface area contributed by atoms with Gasteiger partial charge in [0, 0.05) is 28.6 Å². The molecule has 0 saturated carbocycles. The lowest BCUT2D eigenvalue weighted by Gasteiger charge is -2.28. The Morgan fingerprint density at radius 2 is 1.89 bits per heavy atom. The molecule has 0 aliphatic carbocycles. The summed E-state index contributed by atoms with van der Waals surface area (Å²) < 4.78 is 11.6. The Kier molecular flexibility index (Phi) is 3.98. The quantitative estimate of drug-likeness (QED) is 0.897. The average molecular weight is 284 g/mol. The van der Waals surface area contributed by atoms with Gasteiger partial charge in [-0.25, -0.2) is 0 Å². The third-order valence-corrected chi connectivity index (χ3v) is 3.55. The average Bonchev–Trinajstić information content (AvgIpc) is 2.50. The van der Waals surface area contributed by atoms with Crippen molar-refractivity contribution in [1.82, 2.24) is 0 Å². The van der Waals surface area contributed by atoms with Crippen LogP contribution < -0.4 is 15.2 Å². The van der Waals surface area contributed by atoms with Crippen LogP contribution in [0.4, 0.5) is 0 Å². The zero-order valence-corrected chi connectivity index (χ0v) is 12.8. The van der Waals surface area contributed by atoms with Crippen LogP contribution in [0.1, 0.15) is 51.2 Å². The third kappa shape index (κ3) is 2.82. The van der Waals surface area contributed by atoms with Gasteiger partial charge in [0.15, 0.2) is 11.5 Å². The molecule has 0 bridgehead atoms. The maximum absolute atomic E-state index is 6.43. The van der Waals surface area contributed by atoms with Crippen LogP contribution in [0.5, 0.6) is 11.5 Å². The molecule has 4 heteroatoms. The second-order valence-corrected chi connectivity index (χ2v) is 6.31. The molecule has 0 aromatic heterocycles. The highest BCUT2D eigenvalue weighted by atomic mass is 35.5. The van der Waals surface area contributed by atoms with E-state index in [1.54, 1.807) is 0 Å². The van der Waals surface area contributed by atoms with Gasteiger partial charge in [-0.1, -0.05) is 25.4 Å². The molecule has 0 radical (unpaired) electrons. The molecular formula is C15H22ClNO2. The van der Waals surface area contributed by atoms with Gasteiger partial charge in [0.25, 0.3) is 0 Å². The van der Waals surface area contributed by atoms with Crippen LogP contribution in [-0.2, 0) is 5.54 Å². The number of ether oxygens (including phenoxy) is 2. The van der Waals surface area contributed by atoms with E-state index in [9.17, 15) is 0 Å².